The molecule has 0 radical (unpaired) electrons. The molecule has 1 amide bonds. The van der Waals surface area contributed by atoms with Crippen molar-refractivity contribution in [1.29, 1.82) is 0 Å². The SMILES string of the molecule is Cc1ccc(NS(=O)(=O)c2ccc(NC(=O)c3ccc(N(C)S(=O)(=O)c4ccc(Cl)cc4)cc3)cc2)c(C)c1. The number of hydrogen-bond donors (Lipinski definition) is 2. The summed E-state index contributed by atoms with van der Waals surface area (Å²) in [5, 5.41) is 3.14. The van der Waals surface area contributed by atoms with Gasteiger partial charge < -0.3 is 5.32 Å². The Morgan fingerprint density at radius 3 is 1.95 bits per heavy atom. The fourth-order valence-corrected chi connectivity index (χ4v) is 6.23. The van der Waals surface area contributed by atoms with Gasteiger partial charge in [0.25, 0.3) is 26.0 Å². The topological polar surface area (TPSA) is 113 Å². The second kappa shape index (κ2) is 11.1. The lowest BCUT2D eigenvalue weighted by atomic mass is 10.1. The second-order valence-corrected chi connectivity index (χ2v) is 13.0. The first-order chi connectivity index (χ1) is 18.4. The van der Waals surface area contributed by atoms with Crippen LogP contribution in [0.5, 0.6) is 0 Å². The molecule has 4 aromatic rings. The average Bonchev–Trinajstić information content (AvgIpc) is 2.90. The van der Waals surface area contributed by atoms with E-state index in [4.69, 9.17) is 11.6 Å². The molecule has 4 rings (SSSR count). The standard InChI is InChI=1S/C28H26ClN3O5S2/c1-19-4-17-27(20(2)18-19)31-38(34,35)25-15-9-23(10-16-25)30-28(33)21-5-11-24(12-6-21)32(3)39(36,37)26-13-7-22(29)8-14-26/h4-18,31H,1-3H3,(H,30,33). The summed E-state index contributed by atoms with van der Waals surface area (Å²) in [7, 11) is -6.21. The third kappa shape index (κ3) is 6.42. The number of nitrogens with zero attached hydrogens (tertiary/aromatic N) is 1. The number of amides is 1. The van der Waals surface area contributed by atoms with Crippen molar-refractivity contribution >= 4 is 54.6 Å². The Morgan fingerprint density at radius 2 is 1.36 bits per heavy atom. The van der Waals surface area contributed by atoms with Crippen LogP contribution >= 0.6 is 11.6 Å². The number of halogens is 1. The van der Waals surface area contributed by atoms with E-state index in [1.54, 1.807) is 6.07 Å². The lowest BCUT2D eigenvalue weighted by Gasteiger charge is -2.20. The van der Waals surface area contributed by atoms with Crippen molar-refractivity contribution in [3.05, 3.63) is 113 Å². The molecule has 39 heavy (non-hydrogen) atoms. The highest BCUT2D eigenvalue weighted by atomic mass is 35.5. The summed E-state index contributed by atoms with van der Waals surface area (Å²) in [6.07, 6.45) is 0. The number of carbonyl (C=O) groups is 1. The molecule has 0 bridgehead atoms. The Balaban J connectivity index is 1.43. The zero-order chi connectivity index (χ0) is 28.4. The summed E-state index contributed by atoms with van der Waals surface area (Å²) in [5.41, 5.74) is 3.39. The molecule has 11 heteroatoms. The summed E-state index contributed by atoms with van der Waals surface area (Å²) in [4.78, 5) is 12.9. The van der Waals surface area contributed by atoms with Crippen molar-refractivity contribution in [3.63, 3.8) is 0 Å². The van der Waals surface area contributed by atoms with Gasteiger partial charge in [-0.2, -0.15) is 0 Å². The summed E-state index contributed by atoms with van der Waals surface area (Å²) >= 11 is 5.85. The number of aryl methyl sites for hydroxylation is 2. The summed E-state index contributed by atoms with van der Waals surface area (Å²) < 4.78 is 55.1. The van der Waals surface area contributed by atoms with Crippen molar-refractivity contribution < 1.29 is 21.6 Å². The zero-order valence-corrected chi connectivity index (χ0v) is 23.7. The van der Waals surface area contributed by atoms with Gasteiger partial charge in [0, 0.05) is 23.3 Å². The molecule has 0 aliphatic heterocycles. The van der Waals surface area contributed by atoms with Crippen LogP contribution in [0.25, 0.3) is 0 Å². The highest BCUT2D eigenvalue weighted by Gasteiger charge is 2.21. The van der Waals surface area contributed by atoms with Crippen molar-refractivity contribution in [1.82, 2.24) is 0 Å². The average molecular weight is 584 g/mol. The van der Waals surface area contributed by atoms with Crippen molar-refractivity contribution in [2.45, 2.75) is 23.6 Å². The maximum absolute atomic E-state index is 12.9. The molecular weight excluding hydrogens is 558 g/mol. The van der Waals surface area contributed by atoms with E-state index in [9.17, 15) is 21.6 Å². The van der Waals surface area contributed by atoms with Crippen molar-refractivity contribution in [3.8, 4) is 0 Å². The fourth-order valence-electron chi connectivity index (χ4n) is 3.78. The maximum atomic E-state index is 12.9. The molecule has 2 N–H and O–H groups in total. The number of carbonyl (C=O) groups excluding carboxylic acids is 1. The smallest absolute Gasteiger partial charge is 0.264 e. The van der Waals surface area contributed by atoms with Crippen LogP contribution in [0.15, 0.2) is 101 Å². The van der Waals surface area contributed by atoms with E-state index >= 15 is 0 Å². The third-order valence-corrected chi connectivity index (χ3v) is 9.45. The third-order valence-electron chi connectivity index (χ3n) is 6.01. The quantitative estimate of drug-likeness (QED) is 0.271. The van der Waals surface area contributed by atoms with Crippen LogP contribution < -0.4 is 14.3 Å². The van der Waals surface area contributed by atoms with Gasteiger partial charge in [0.15, 0.2) is 0 Å². The van der Waals surface area contributed by atoms with E-state index < -0.39 is 26.0 Å². The molecule has 0 atom stereocenters. The molecule has 0 saturated heterocycles. The lowest BCUT2D eigenvalue weighted by Crippen LogP contribution is -2.26. The van der Waals surface area contributed by atoms with Gasteiger partial charge in [-0.05, 0) is 98.3 Å². The van der Waals surface area contributed by atoms with Gasteiger partial charge in [0.1, 0.15) is 0 Å². The van der Waals surface area contributed by atoms with Crippen LogP contribution in [-0.4, -0.2) is 29.8 Å². The van der Waals surface area contributed by atoms with Gasteiger partial charge in [0.05, 0.1) is 21.2 Å². The minimum absolute atomic E-state index is 0.0507. The predicted octanol–water partition coefficient (Wildman–Crippen LogP) is 5.84. The molecular formula is C28H26ClN3O5S2. The van der Waals surface area contributed by atoms with Crippen LogP contribution in [-0.2, 0) is 20.0 Å². The molecule has 0 fully saturated rings. The largest absolute Gasteiger partial charge is 0.322 e. The van der Waals surface area contributed by atoms with E-state index in [0.29, 0.717) is 27.6 Å². The van der Waals surface area contributed by atoms with Crippen LogP contribution in [0, 0.1) is 13.8 Å². The van der Waals surface area contributed by atoms with Gasteiger partial charge in [-0.25, -0.2) is 16.8 Å². The number of benzene rings is 4. The monoisotopic (exact) mass is 583 g/mol. The summed E-state index contributed by atoms with van der Waals surface area (Å²) in [6.45, 7) is 3.76. The highest BCUT2D eigenvalue weighted by Crippen LogP contribution is 2.25. The molecule has 0 aliphatic rings. The normalized spacial score (nSPS) is 11.6. The maximum Gasteiger partial charge on any atom is 0.264 e. The molecule has 0 unspecified atom stereocenters. The predicted molar refractivity (Wildman–Crippen MR) is 155 cm³/mol. The molecule has 0 aromatic heterocycles. The number of sulfonamides is 2. The van der Waals surface area contributed by atoms with Gasteiger partial charge in [-0.1, -0.05) is 29.3 Å². The number of anilines is 3. The second-order valence-electron chi connectivity index (χ2n) is 8.88. The summed E-state index contributed by atoms with van der Waals surface area (Å²) in [5.74, 6) is -0.436. The Hall–Kier alpha value is -3.86. The Morgan fingerprint density at radius 1 is 0.769 bits per heavy atom. The lowest BCUT2D eigenvalue weighted by molar-refractivity contribution is 0.102. The Bertz CT molecular complexity index is 1720. The molecule has 0 spiro atoms. The van der Waals surface area contributed by atoms with Gasteiger partial charge in [-0.15, -0.1) is 0 Å². The Kier molecular flexibility index (Phi) is 8.01. The molecule has 0 saturated carbocycles. The first kappa shape index (κ1) is 28.2. The fraction of sp³-hybridized carbons (Fsp3) is 0.107. The van der Waals surface area contributed by atoms with Crippen LogP contribution in [0.3, 0.4) is 0 Å². The number of hydrogen-bond acceptors (Lipinski definition) is 5. The van der Waals surface area contributed by atoms with E-state index in [1.165, 1.54) is 79.8 Å². The molecule has 8 nitrogen and oxygen atoms in total. The first-order valence-corrected chi connectivity index (χ1v) is 15.0. The molecule has 4 aromatic carbocycles. The molecule has 0 heterocycles. The molecule has 202 valence electrons. The van der Waals surface area contributed by atoms with Crippen LogP contribution in [0.4, 0.5) is 17.1 Å². The van der Waals surface area contributed by atoms with E-state index in [0.717, 1.165) is 15.4 Å². The first-order valence-electron chi connectivity index (χ1n) is 11.7. The number of nitrogens with one attached hydrogen (secondary N) is 2. The molecule has 0 aliphatic carbocycles. The zero-order valence-electron chi connectivity index (χ0n) is 21.3. The van der Waals surface area contributed by atoms with Crippen LogP contribution in [0.1, 0.15) is 21.5 Å². The van der Waals surface area contributed by atoms with Crippen molar-refractivity contribution in [2.75, 3.05) is 21.4 Å². The summed E-state index contributed by atoms with van der Waals surface area (Å²) in [6, 6.07) is 23.1. The van der Waals surface area contributed by atoms with E-state index in [1.807, 2.05) is 26.0 Å². The number of rotatable bonds is 8. The highest BCUT2D eigenvalue weighted by molar-refractivity contribution is 7.93. The van der Waals surface area contributed by atoms with E-state index in [-0.39, 0.29) is 9.79 Å². The van der Waals surface area contributed by atoms with E-state index in [2.05, 4.69) is 10.0 Å². The van der Waals surface area contributed by atoms with Crippen LogP contribution in [0.2, 0.25) is 5.02 Å². The minimum Gasteiger partial charge on any atom is -0.322 e. The van der Waals surface area contributed by atoms with Gasteiger partial charge >= 0.3 is 0 Å². The minimum atomic E-state index is -3.82. The Labute approximate surface area is 233 Å². The van der Waals surface area contributed by atoms with Crippen molar-refractivity contribution in [2.24, 2.45) is 0 Å². The van der Waals surface area contributed by atoms with Gasteiger partial charge in [0.2, 0.25) is 0 Å². The van der Waals surface area contributed by atoms with Gasteiger partial charge in [-0.3, -0.25) is 13.8 Å².